The fourth-order valence-corrected chi connectivity index (χ4v) is 3.30. The first-order valence-electron chi connectivity index (χ1n) is 8.48. The Hall–Kier alpha value is -2.41. The minimum absolute atomic E-state index is 0.0505. The van der Waals surface area contributed by atoms with E-state index in [1.165, 1.54) is 6.07 Å². The standard InChI is InChI=1S/C18H23N3O4/c1-12-8-15(25-19-12)9-14-10-20(11-16(14)22)17(23)6-7-21-13(2)4-3-5-18(21)24/h3-5,8,14,16,22H,6-7,9-11H2,1-2H3/t14-,16-/m1/s1. The highest BCUT2D eigenvalue weighted by molar-refractivity contribution is 5.76. The van der Waals surface area contributed by atoms with Crippen LogP contribution in [0.15, 0.2) is 33.6 Å². The SMILES string of the molecule is Cc1cc(C[C@@H]2CN(C(=O)CCn3c(C)cccc3=O)C[C@H]2O)on1. The molecule has 25 heavy (non-hydrogen) atoms. The van der Waals surface area contributed by atoms with Gasteiger partial charge in [0.2, 0.25) is 5.91 Å². The number of aryl methyl sites for hydroxylation is 2. The van der Waals surface area contributed by atoms with Gasteiger partial charge in [0, 0.05) is 56.2 Å². The van der Waals surface area contributed by atoms with Crippen LogP contribution < -0.4 is 5.56 Å². The number of nitrogens with zero attached hydrogens (tertiary/aromatic N) is 3. The molecule has 0 unspecified atom stereocenters. The van der Waals surface area contributed by atoms with Crippen LogP contribution in [0.4, 0.5) is 0 Å². The number of rotatable bonds is 5. The molecule has 0 spiro atoms. The van der Waals surface area contributed by atoms with Crippen molar-refractivity contribution < 1.29 is 14.4 Å². The van der Waals surface area contributed by atoms with E-state index in [0.29, 0.717) is 26.1 Å². The van der Waals surface area contributed by atoms with Gasteiger partial charge in [-0.3, -0.25) is 9.59 Å². The van der Waals surface area contributed by atoms with E-state index in [9.17, 15) is 14.7 Å². The monoisotopic (exact) mass is 345 g/mol. The molecule has 2 aromatic heterocycles. The number of β-amino-alcohol motifs (C(OH)–C–C–N with tert-alkyl or cyclic N) is 1. The first kappa shape index (κ1) is 17.4. The van der Waals surface area contributed by atoms with Crippen molar-refractivity contribution in [2.75, 3.05) is 13.1 Å². The highest BCUT2D eigenvalue weighted by Gasteiger charge is 2.34. The largest absolute Gasteiger partial charge is 0.391 e. The molecule has 1 fully saturated rings. The van der Waals surface area contributed by atoms with Crippen molar-refractivity contribution in [3.63, 3.8) is 0 Å². The van der Waals surface area contributed by atoms with Gasteiger partial charge in [-0.15, -0.1) is 0 Å². The molecule has 0 saturated carbocycles. The Balaban J connectivity index is 1.57. The molecule has 0 aromatic carbocycles. The summed E-state index contributed by atoms with van der Waals surface area (Å²) in [6.07, 6.45) is 0.227. The molecule has 2 atom stereocenters. The van der Waals surface area contributed by atoms with Crippen LogP contribution in [-0.2, 0) is 17.8 Å². The zero-order valence-electron chi connectivity index (χ0n) is 14.5. The Morgan fingerprint density at radius 3 is 2.84 bits per heavy atom. The van der Waals surface area contributed by atoms with Crippen LogP contribution in [0.25, 0.3) is 0 Å². The van der Waals surface area contributed by atoms with Crippen LogP contribution in [-0.4, -0.2) is 44.8 Å². The lowest BCUT2D eigenvalue weighted by Gasteiger charge is -2.17. The van der Waals surface area contributed by atoms with Crippen molar-refractivity contribution in [3.05, 3.63) is 51.8 Å². The molecule has 3 rings (SSSR count). The molecule has 0 bridgehead atoms. The Labute approximate surface area is 145 Å². The van der Waals surface area contributed by atoms with Gasteiger partial charge in [-0.2, -0.15) is 0 Å². The summed E-state index contributed by atoms with van der Waals surface area (Å²) in [5.41, 5.74) is 1.53. The maximum absolute atomic E-state index is 12.5. The van der Waals surface area contributed by atoms with E-state index in [-0.39, 0.29) is 23.8 Å². The number of amides is 1. The van der Waals surface area contributed by atoms with Crippen molar-refractivity contribution in [2.45, 2.75) is 39.3 Å². The molecule has 2 aromatic rings. The molecule has 3 heterocycles. The molecule has 7 heteroatoms. The van der Waals surface area contributed by atoms with Gasteiger partial charge in [-0.1, -0.05) is 11.2 Å². The number of hydrogen-bond acceptors (Lipinski definition) is 5. The van der Waals surface area contributed by atoms with Gasteiger partial charge < -0.3 is 19.1 Å². The topological polar surface area (TPSA) is 88.6 Å². The molecule has 1 N–H and O–H groups in total. The molecular weight excluding hydrogens is 322 g/mol. The Morgan fingerprint density at radius 1 is 1.36 bits per heavy atom. The first-order valence-corrected chi connectivity index (χ1v) is 8.48. The quantitative estimate of drug-likeness (QED) is 0.870. The smallest absolute Gasteiger partial charge is 0.250 e. The fraction of sp³-hybridized carbons (Fsp3) is 0.500. The highest BCUT2D eigenvalue weighted by atomic mass is 16.5. The number of carbonyl (C=O) groups excluding carboxylic acids is 1. The van der Waals surface area contributed by atoms with Gasteiger partial charge in [0.15, 0.2) is 0 Å². The van der Waals surface area contributed by atoms with E-state index in [0.717, 1.165) is 17.1 Å². The summed E-state index contributed by atoms with van der Waals surface area (Å²) < 4.78 is 6.80. The zero-order chi connectivity index (χ0) is 18.0. The fourth-order valence-electron chi connectivity index (χ4n) is 3.30. The summed E-state index contributed by atoms with van der Waals surface area (Å²) >= 11 is 0. The second-order valence-corrected chi connectivity index (χ2v) is 6.67. The molecule has 0 aliphatic carbocycles. The molecule has 134 valence electrons. The number of likely N-dealkylation sites (tertiary alicyclic amines) is 1. The Kier molecular flexibility index (Phi) is 5.03. The van der Waals surface area contributed by atoms with Gasteiger partial charge in [0.05, 0.1) is 11.8 Å². The van der Waals surface area contributed by atoms with Crippen LogP contribution >= 0.6 is 0 Å². The molecular formula is C18H23N3O4. The van der Waals surface area contributed by atoms with Crippen LogP contribution in [0.2, 0.25) is 0 Å². The van der Waals surface area contributed by atoms with Gasteiger partial charge >= 0.3 is 0 Å². The van der Waals surface area contributed by atoms with E-state index in [1.54, 1.807) is 15.5 Å². The average Bonchev–Trinajstić information content (AvgIpc) is 3.13. The summed E-state index contributed by atoms with van der Waals surface area (Å²) in [6, 6.07) is 6.90. The minimum atomic E-state index is -0.574. The van der Waals surface area contributed by atoms with Gasteiger partial charge in [0.25, 0.3) is 5.56 Å². The maximum atomic E-state index is 12.5. The van der Waals surface area contributed by atoms with Crippen LogP contribution in [0.3, 0.4) is 0 Å². The Bertz CT molecular complexity index is 811. The number of pyridine rings is 1. The van der Waals surface area contributed by atoms with Crippen molar-refractivity contribution >= 4 is 5.91 Å². The summed E-state index contributed by atoms with van der Waals surface area (Å²) in [4.78, 5) is 26.0. The molecule has 1 saturated heterocycles. The lowest BCUT2D eigenvalue weighted by molar-refractivity contribution is -0.130. The molecule has 7 nitrogen and oxygen atoms in total. The van der Waals surface area contributed by atoms with E-state index < -0.39 is 6.10 Å². The van der Waals surface area contributed by atoms with Crippen molar-refractivity contribution in [1.82, 2.24) is 14.6 Å². The number of aliphatic hydroxyl groups excluding tert-OH is 1. The summed E-state index contributed by atoms with van der Waals surface area (Å²) in [7, 11) is 0. The Morgan fingerprint density at radius 2 is 2.16 bits per heavy atom. The third-order valence-corrected chi connectivity index (χ3v) is 4.72. The number of aliphatic hydroxyl groups is 1. The summed E-state index contributed by atoms with van der Waals surface area (Å²) in [6.45, 7) is 4.85. The predicted molar refractivity (Wildman–Crippen MR) is 91.1 cm³/mol. The predicted octanol–water partition coefficient (Wildman–Crippen LogP) is 0.905. The van der Waals surface area contributed by atoms with Crippen molar-refractivity contribution in [2.24, 2.45) is 5.92 Å². The number of hydrogen-bond donors (Lipinski definition) is 1. The van der Waals surface area contributed by atoms with E-state index in [2.05, 4.69) is 5.16 Å². The van der Waals surface area contributed by atoms with Crippen molar-refractivity contribution in [3.8, 4) is 0 Å². The molecule has 0 radical (unpaired) electrons. The van der Waals surface area contributed by atoms with Crippen molar-refractivity contribution in [1.29, 1.82) is 0 Å². The normalized spacial score (nSPS) is 20.2. The first-order chi connectivity index (χ1) is 11.9. The second-order valence-electron chi connectivity index (χ2n) is 6.67. The minimum Gasteiger partial charge on any atom is -0.391 e. The van der Waals surface area contributed by atoms with Gasteiger partial charge in [-0.05, 0) is 19.9 Å². The highest BCUT2D eigenvalue weighted by Crippen LogP contribution is 2.22. The maximum Gasteiger partial charge on any atom is 0.250 e. The molecule has 1 aliphatic heterocycles. The third kappa shape index (κ3) is 3.99. The van der Waals surface area contributed by atoms with Gasteiger partial charge in [-0.25, -0.2) is 0 Å². The second kappa shape index (κ2) is 7.23. The molecule has 1 amide bonds. The van der Waals surface area contributed by atoms with Gasteiger partial charge in [0.1, 0.15) is 5.76 Å². The van der Waals surface area contributed by atoms with Crippen LogP contribution in [0.1, 0.15) is 23.6 Å². The van der Waals surface area contributed by atoms with E-state index in [4.69, 9.17) is 4.52 Å². The average molecular weight is 345 g/mol. The van der Waals surface area contributed by atoms with E-state index in [1.807, 2.05) is 26.0 Å². The zero-order valence-corrected chi connectivity index (χ0v) is 14.5. The molecule has 1 aliphatic rings. The van der Waals surface area contributed by atoms with E-state index >= 15 is 0 Å². The summed E-state index contributed by atoms with van der Waals surface area (Å²) in [5.74, 6) is 0.616. The number of carbonyl (C=O) groups is 1. The summed E-state index contributed by atoms with van der Waals surface area (Å²) in [5, 5.41) is 14.1. The van der Waals surface area contributed by atoms with Crippen LogP contribution in [0.5, 0.6) is 0 Å². The number of aromatic nitrogens is 2. The van der Waals surface area contributed by atoms with Crippen LogP contribution in [0, 0.1) is 19.8 Å². The third-order valence-electron chi connectivity index (χ3n) is 4.72. The lowest BCUT2D eigenvalue weighted by atomic mass is 10.0. The lowest BCUT2D eigenvalue weighted by Crippen LogP contribution is -2.32.